The molecule has 0 saturated heterocycles. The van der Waals surface area contributed by atoms with Gasteiger partial charge < -0.3 is 0 Å². The summed E-state index contributed by atoms with van der Waals surface area (Å²) < 4.78 is 6.53. The molecule has 4 aromatic carbocycles. The molecule has 4 heteroatoms. The first-order valence-electron chi connectivity index (χ1n) is 13.0. The fourth-order valence-corrected chi connectivity index (χ4v) is 28.8. The summed E-state index contributed by atoms with van der Waals surface area (Å²) in [5.41, 5.74) is 14.5. The van der Waals surface area contributed by atoms with Crippen molar-refractivity contribution in [1.82, 2.24) is 0 Å². The second-order valence-corrected chi connectivity index (χ2v) is 42.4. The fraction of sp³-hybridized carbons (Fsp3) is 0.176. The summed E-state index contributed by atoms with van der Waals surface area (Å²) in [4.78, 5) is 0. The summed E-state index contributed by atoms with van der Waals surface area (Å²) in [7, 11) is 0. The molecule has 38 heavy (non-hydrogen) atoms. The zero-order valence-corrected chi connectivity index (χ0v) is 26.4. The van der Waals surface area contributed by atoms with Gasteiger partial charge in [0, 0.05) is 0 Å². The SMILES string of the molecule is CC1=Cc2c(-c3ccccc3)cccc2[CH]1[Zr]([CH3])([CH3])(=[SiH2])[CH]1C(C)=Cc2c(-c3ccccc3)cccc21.F.F. The van der Waals surface area contributed by atoms with Crippen LogP contribution in [0.15, 0.2) is 108 Å². The Morgan fingerprint density at radius 2 is 0.895 bits per heavy atom. The topological polar surface area (TPSA) is 0 Å². The van der Waals surface area contributed by atoms with Crippen molar-refractivity contribution in [3.63, 3.8) is 0 Å². The van der Waals surface area contributed by atoms with Crippen LogP contribution in [0.2, 0.25) is 9.26 Å². The van der Waals surface area contributed by atoms with Gasteiger partial charge in [-0.1, -0.05) is 0 Å². The van der Waals surface area contributed by atoms with Crippen LogP contribution in [0.5, 0.6) is 0 Å². The zero-order chi connectivity index (χ0) is 25.1. The van der Waals surface area contributed by atoms with E-state index in [1.54, 1.807) is 22.3 Å². The van der Waals surface area contributed by atoms with Crippen molar-refractivity contribution in [2.24, 2.45) is 0 Å². The minimum absolute atomic E-state index is 0. The minimum Gasteiger partial charge on any atom is -0.269 e. The molecule has 0 nitrogen and oxygen atoms in total. The number of benzene rings is 4. The average Bonchev–Trinajstić information content (AvgIpc) is 3.41. The summed E-state index contributed by atoms with van der Waals surface area (Å²) in [5.74, 6) is 0. The molecule has 194 valence electrons. The van der Waals surface area contributed by atoms with E-state index in [2.05, 4.69) is 139 Å². The van der Waals surface area contributed by atoms with Gasteiger partial charge >= 0.3 is 220 Å². The van der Waals surface area contributed by atoms with E-state index in [1.807, 2.05) is 0 Å². The van der Waals surface area contributed by atoms with Crippen molar-refractivity contribution in [3.8, 4) is 22.3 Å². The van der Waals surface area contributed by atoms with Crippen molar-refractivity contribution >= 4 is 19.0 Å². The van der Waals surface area contributed by atoms with Crippen LogP contribution in [0.25, 0.3) is 34.4 Å². The number of fused-ring (bicyclic) bond motifs is 2. The molecule has 2 atom stereocenters. The van der Waals surface area contributed by atoms with Crippen molar-refractivity contribution in [2.45, 2.75) is 30.4 Å². The first kappa shape index (κ1) is 28.3. The van der Waals surface area contributed by atoms with Crippen LogP contribution in [0.4, 0.5) is 9.41 Å². The molecule has 2 unspecified atom stereocenters. The van der Waals surface area contributed by atoms with Crippen molar-refractivity contribution in [3.05, 3.63) is 130 Å². The van der Waals surface area contributed by atoms with Crippen LogP contribution in [0, 0.1) is 0 Å². The molecule has 2 aliphatic rings. The Morgan fingerprint density at radius 1 is 0.526 bits per heavy atom. The molecule has 0 heterocycles. The Labute approximate surface area is 227 Å². The number of rotatable bonds is 4. The van der Waals surface area contributed by atoms with Gasteiger partial charge in [0.05, 0.1) is 0 Å². The van der Waals surface area contributed by atoms with E-state index in [1.165, 1.54) is 33.4 Å². The van der Waals surface area contributed by atoms with E-state index in [4.69, 9.17) is 0 Å². The van der Waals surface area contributed by atoms with Gasteiger partial charge in [-0.2, -0.15) is 0 Å². The molecular weight excluding hydrogens is 566 g/mol. The smallest absolute Gasteiger partial charge is 0.269 e. The first-order valence-corrected chi connectivity index (χ1v) is 26.7. The van der Waals surface area contributed by atoms with Crippen molar-refractivity contribution < 1.29 is 26.8 Å². The summed E-state index contributed by atoms with van der Waals surface area (Å²) in [6, 6.07) is 35.8. The summed E-state index contributed by atoms with van der Waals surface area (Å²) in [6.45, 7) is 7.20. The Hall–Kier alpha value is -2.68. The standard InChI is InChI=1S/2C16H13.2CH3.2FH.H2Si.Zr/c2*1-12-10-14-8-5-9-15(16(14)11-12)13-6-3-2-4-7-13;;;;;;/h2*2-11H,1H3;2*1H3;2*1H;1H2;. The van der Waals surface area contributed by atoms with Gasteiger partial charge in [-0.05, 0) is 0 Å². The van der Waals surface area contributed by atoms with E-state index in [-0.39, 0.29) is 9.41 Å². The number of halogens is 2. The molecule has 2 aliphatic carbocycles. The normalized spacial score (nSPS) is 17.9. The monoisotopic (exact) mass is 600 g/mol. The largest absolute Gasteiger partial charge is 0.269 e. The Morgan fingerprint density at radius 3 is 1.26 bits per heavy atom. The maximum atomic E-state index is 2.72. The van der Waals surface area contributed by atoms with Crippen molar-refractivity contribution in [1.29, 1.82) is 0 Å². The van der Waals surface area contributed by atoms with Crippen molar-refractivity contribution in [2.75, 3.05) is 0 Å². The van der Waals surface area contributed by atoms with Crippen LogP contribution in [-0.4, -0.2) is 6.88 Å². The molecule has 0 amide bonds. The quantitative estimate of drug-likeness (QED) is 0.205. The van der Waals surface area contributed by atoms with E-state index < -0.39 is 17.4 Å². The number of hydrogen-bond acceptors (Lipinski definition) is 0. The van der Waals surface area contributed by atoms with Crippen LogP contribution in [0.1, 0.15) is 43.4 Å². The molecule has 0 radical (unpaired) electrons. The second kappa shape index (κ2) is 10.1. The molecule has 0 fully saturated rings. The minimum atomic E-state index is -3.48. The molecule has 0 spiro atoms. The molecule has 0 bridgehead atoms. The second-order valence-electron chi connectivity index (χ2n) is 11.9. The maximum Gasteiger partial charge on any atom is -0.269 e. The van der Waals surface area contributed by atoms with Crippen LogP contribution in [0.3, 0.4) is 0 Å². The fourth-order valence-electron chi connectivity index (χ4n) is 7.53. The molecule has 4 aromatic rings. The summed E-state index contributed by atoms with van der Waals surface area (Å²) in [6.07, 6.45) is 5.01. The van der Waals surface area contributed by atoms with Gasteiger partial charge in [0.15, 0.2) is 0 Å². The number of hydrogen-bond donors (Lipinski definition) is 0. The van der Waals surface area contributed by atoms with Crippen LogP contribution in [-0.2, 0) is 17.4 Å². The van der Waals surface area contributed by atoms with Gasteiger partial charge in [0.1, 0.15) is 0 Å². The Bertz CT molecular complexity index is 1510. The third-order valence-corrected chi connectivity index (χ3v) is 26.5. The molecular formula is C34H36F2SiZr. The zero-order valence-electron chi connectivity index (χ0n) is 22.6. The predicted octanol–water partition coefficient (Wildman–Crippen LogP) is 9.28. The van der Waals surface area contributed by atoms with Gasteiger partial charge in [0.2, 0.25) is 0 Å². The third-order valence-electron chi connectivity index (χ3n) is 8.62. The van der Waals surface area contributed by atoms with E-state index >= 15 is 0 Å². The third kappa shape index (κ3) is 4.36. The molecule has 0 aliphatic heterocycles. The van der Waals surface area contributed by atoms with Gasteiger partial charge in [-0.25, -0.2) is 0 Å². The van der Waals surface area contributed by atoms with Crippen LogP contribution < -0.4 is 0 Å². The van der Waals surface area contributed by atoms with E-state index in [9.17, 15) is 0 Å². The number of allylic oxidation sites excluding steroid dienone is 2. The molecule has 0 saturated carbocycles. The first-order chi connectivity index (χ1) is 17.2. The van der Waals surface area contributed by atoms with Gasteiger partial charge in [0.25, 0.3) is 0 Å². The van der Waals surface area contributed by atoms with Gasteiger partial charge in [-0.15, -0.1) is 0 Å². The summed E-state index contributed by atoms with van der Waals surface area (Å²) >= 11 is -3.48. The molecule has 6 rings (SSSR count). The Balaban J connectivity index is 0.00000168. The predicted molar refractivity (Wildman–Crippen MR) is 162 cm³/mol. The summed E-state index contributed by atoms with van der Waals surface area (Å²) in [5, 5.41) is 0. The molecule has 0 N–H and O–H groups in total. The Kier molecular flexibility index (Phi) is 7.55. The average molecular weight is 602 g/mol. The van der Waals surface area contributed by atoms with Gasteiger partial charge in [-0.3, -0.25) is 9.41 Å². The molecule has 0 aromatic heterocycles. The maximum absolute atomic E-state index is 3.48. The van der Waals surface area contributed by atoms with E-state index in [0.717, 1.165) is 0 Å². The van der Waals surface area contributed by atoms with E-state index in [0.29, 0.717) is 7.25 Å². The van der Waals surface area contributed by atoms with Crippen LogP contribution >= 0.6 is 0 Å².